The number of aromatic nitrogens is 1. The molecule has 0 aliphatic carbocycles. The van der Waals surface area contributed by atoms with E-state index >= 15 is 0 Å². The average Bonchev–Trinajstić information content (AvgIpc) is 2.97. The summed E-state index contributed by atoms with van der Waals surface area (Å²) in [5, 5.41) is 4.90. The molecule has 5 nitrogen and oxygen atoms in total. The minimum atomic E-state index is -2.15. The Hall–Kier alpha value is -3.19. The Kier molecular flexibility index (Phi) is 10.8. The van der Waals surface area contributed by atoms with Crippen LogP contribution < -0.4 is 15.6 Å². The van der Waals surface area contributed by atoms with Crippen LogP contribution in [0.1, 0.15) is 82.2 Å². The highest BCUT2D eigenvalue weighted by molar-refractivity contribution is 6.74. The molecule has 2 N–H and O–H groups in total. The van der Waals surface area contributed by atoms with E-state index < -0.39 is 8.32 Å². The zero-order valence-electron chi connectivity index (χ0n) is 26.2. The van der Waals surface area contributed by atoms with Gasteiger partial charge in [-0.15, -0.1) is 0 Å². The summed E-state index contributed by atoms with van der Waals surface area (Å²) in [6, 6.07) is 28.7. The molecule has 3 aromatic carbocycles. The molecule has 0 saturated carbocycles. The van der Waals surface area contributed by atoms with Gasteiger partial charge in [-0.05, 0) is 53.4 Å². The van der Waals surface area contributed by atoms with Gasteiger partial charge < -0.3 is 19.5 Å². The maximum absolute atomic E-state index is 12.5. The smallest absolute Gasteiger partial charge is 0.248 e. The van der Waals surface area contributed by atoms with E-state index in [-0.39, 0.29) is 22.7 Å². The fourth-order valence-electron chi connectivity index (χ4n) is 5.05. The predicted molar refractivity (Wildman–Crippen MR) is 178 cm³/mol. The Morgan fingerprint density at radius 1 is 0.881 bits per heavy atom. The van der Waals surface area contributed by atoms with Crippen molar-refractivity contribution in [3.8, 4) is 5.75 Å². The van der Waals surface area contributed by atoms with Gasteiger partial charge in [0.1, 0.15) is 12.4 Å². The summed E-state index contributed by atoms with van der Waals surface area (Å²) < 4.78 is 13.4. The molecule has 6 heteroatoms. The van der Waals surface area contributed by atoms with Crippen molar-refractivity contribution in [2.75, 3.05) is 6.54 Å². The van der Waals surface area contributed by atoms with Gasteiger partial charge in [0.15, 0.2) is 8.32 Å². The number of fused-ring (bicyclic) bond motifs is 1. The van der Waals surface area contributed by atoms with Crippen LogP contribution >= 0.6 is 0 Å². The van der Waals surface area contributed by atoms with Gasteiger partial charge in [-0.1, -0.05) is 114 Å². The lowest BCUT2D eigenvalue weighted by Crippen LogP contribution is -2.44. The number of hydrogen-bond donors (Lipinski definition) is 2. The first-order valence-corrected chi connectivity index (χ1v) is 18.3. The van der Waals surface area contributed by atoms with Gasteiger partial charge in [0.2, 0.25) is 5.56 Å². The monoisotopic (exact) mass is 584 g/mol. The van der Waals surface area contributed by atoms with Crippen LogP contribution in [-0.4, -0.2) is 19.8 Å². The molecule has 0 fully saturated rings. The van der Waals surface area contributed by atoms with Gasteiger partial charge in [-0.2, -0.15) is 0 Å². The van der Waals surface area contributed by atoms with Crippen LogP contribution in [0.2, 0.25) is 18.1 Å². The number of unbranched alkanes of at least 4 members (excludes halogenated alkanes) is 2. The molecule has 1 aromatic heterocycles. The lowest BCUT2D eigenvalue weighted by molar-refractivity contribution is 0.175. The highest BCUT2D eigenvalue weighted by Crippen LogP contribution is 2.41. The Labute approximate surface area is 252 Å². The minimum Gasteiger partial charge on any atom is -0.487 e. The number of hydrogen-bond acceptors (Lipinski definition) is 4. The second-order valence-corrected chi connectivity index (χ2v) is 17.5. The minimum absolute atomic E-state index is 0.0497. The van der Waals surface area contributed by atoms with Crippen LogP contribution in [0.3, 0.4) is 0 Å². The fraction of sp³-hybridized carbons (Fsp3) is 0.417. The number of benzene rings is 3. The highest BCUT2D eigenvalue weighted by atomic mass is 28.4. The largest absolute Gasteiger partial charge is 0.487 e. The van der Waals surface area contributed by atoms with E-state index in [0.29, 0.717) is 24.4 Å². The third-order valence-electron chi connectivity index (χ3n) is 8.57. The maximum atomic E-state index is 12.5. The molecule has 0 spiro atoms. The molecule has 1 unspecified atom stereocenters. The third-order valence-corrected chi connectivity index (χ3v) is 13.1. The van der Waals surface area contributed by atoms with Crippen LogP contribution in [0, 0.1) is 0 Å². The topological polar surface area (TPSA) is 63.4 Å². The number of nitrogens with one attached hydrogen (secondary N) is 2. The molecular formula is C36H48N2O3Si. The quantitative estimate of drug-likeness (QED) is 0.115. The summed E-state index contributed by atoms with van der Waals surface area (Å²) in [5.41, 5.74) is 4.00. The van der Waals surface area contributed by atoms with Crippen LogP contribution in [-0.2, 0) is 11.0 Å². The van der Waals surface area contributed by atoms with Crippen molar-refractivity contribution in [3.05, 3.63) is 112 Å². The van der Waals surface area contributed by atoms with Crippen LogP contribution in [0.4, 0.5) is 0 Å². The van der Waals surface area contributed by atoms with Crippen LogP contribution in [0.5, 0.6) is 5.75 Å². The number of ether oxygens (including phenoxy) is 1. The molecule has 0 radical (unpaired) electrons. The van der Waals surface area contributed by atoms with E-state index in [4.69, 9.17) is 9.16 Å². The van der Waals surface area contributed by atoms with Gasteiger partial charge >= 0.3 is 0 Å². The average molecular weight is 585 g/mol. The summed E-state index contributed by atoms with van der Waals surface area (Å²) in [4.78, 5) is 15.6. The van der Waals surface area contributed by atoms with Crippen molar-refractivity contribution in [3.63, 3.8) is 0 Å². The van der Waals surface area contributed by atoms with E-state index in [1.54, 1.807) is 6.07 Å². The summed E-state index contributed by atoms with van der Waals surface area (Å²) in [6.45, 7) is 14.8. The summed E-state index contributed by atoms with van der Waals surface area (Å²) in [7, 11) is -2.15. The van der Waals surface area contributed by atoms with Gasteiger partial charge in [0.05, 0.1) is 11.6 Å². The lowest BCUT2D eigenvalue weighted by atomic mass is 9.98. The zero-order valence-corrected chi connectivity index (χ0v) is 27.2. The Morgan fingerprint density at radius 2 is 1.57 bits per heavy atom. The first-order valence-electron chi connectivity index (χ1n) is 15.4. The summed E-state index contributed by atoms with van der Waals surface area (Å²) in [5.74, 6) is 0.663. The van der Waals surface area contributed by atoms with E-state index in [2.05, 4.69) is 87.5 Å². The number of rotatable bonds is 14. The van der Waals surface area contributed by atoms with Gasteiger partial charge in [-0.25, -0.2) is 0 Å². The lowest BCUT2D eigenvalue weighted by Gasteiger charge is -2.40. The maximum Gasteiger partial charge on any atom is 0.248 e. The zero-order chi connectivity index (χ0) is 30.2. The Balaban J connectivity index is 1.70. The molecule has 224 valence electrons. The Bertz CT molecular complexity index is 1460. The van der Waals surface area contributed by atoms with Crippen molar-refractivity contribution in [1.82, 2.24) is 10.3 Å². The highest BCUT2D eigenvalue weighted by Gasteiger charge is 2.40. The number of H-pyrrole nitrogens is 1. The summed E-state index contributed by atoms with van der Waals surface area (Å²) in [6.07, 6.45) is 4.47. The van der Waals surface area contributed by atoms with Gasteiger partial charge in [0, 0.05) is 24.0 Å². The molecule has 0 aliphatic heterocycles. The van der Waals surface area contributed by atoms with E-state index in [0.717, 1.165) is 22.9 Å². The number of aromatic amines is 1. The second-order valence-electron chi connectivity index (χ2n) is 12.8. The van der Waals surface area contributed by atoms with E-state index in [1.165, 1.54) is 24.8 Å². The molecule has 0 amide bonds. The van der Waals surface area contributed by atoms with Crippen molar-refractivity contribution in [2.45, 2.75) is 90.3 Å². The second kappa shape index (κ2) is 14.3. The molecule has 1 heterocycles. The SMILES string of the molecule is CCCCCC(NC[C@H](O[Si](C)(C)C(C)(C)C)c1ccc(OCc2ccccc2)c2[nH]c(=O)ccc12)c1ccccc1. The first kappa shape index (κ1) is 31.7. The molecule has 0 bridgehead atoms. The molecule has 0 aliphatic rings. The van der Waals surface area contributed by atoms with E-state index in [1.807, 2.05) is 42.5 Å². The predicted octanol–water partition coefficient (Wildman–Crippen LogP) is 9.08. The molecule has 0 saturated heterocycles. The normalized spacial score (nSPS) is 13.7. The summed E-state index contributed by atoms with van der Waals surface area (Å²) >= 11 is 0. The van der Waals surface area contributed by atoms with E-state index in [9.17, 15) is 4.79 Å². The van der Waals surface area contributed by atoms with Crippen molar-refractivity contribution >= 4 is 19.2 Å². The molecule has 42 heavy (non-hydrogen) atoms. The standard InChI is InChI=1S/C36H48N2O3Si/c1-7-8-11-20-31(28-18-14-10-15-19-28)37-25-33(41-42(5,6)36(2,3)4)29-21-23-32(35-30(29)22-24-34(39)38-35)40-26-27-16-12-9-13-17-27/h9-10,12-19,21-24,31,33,37H,7-8,11,20,25-26H2,1-6H3,(H,38,39)/t31?,33-/m0/s1. The molecular weight excluding hydrogens is 536 g/mol. The van der Waals surface area contributed by atoms with Gasteiger partial charge in [-0.3, -0.25) is 4.79 Å². The van der Waals surface area contributed by atoms with Crippen molar-refractivity contribution < 1.29 is 9.16 Å². The van der Waals surface area contributed by atoms with Crippen molar-refractivity contribution in [2.24, 2.45) is 0 Å². The van der Waals surface area contributed by atoms with Crippen LogP contribution in [0.25, 0.3) is 10.9 Å². The fourth-order valence-corrected chi connectivity index (χ4v) is 6.33. The molecule has 2 atom stereocenters. The molecule has 4 rings (SSSR count). The molecule has 4 aromatic rings. The van der Waals surface area contributed by atoms with Gasteiger partial charge in [0.25, 0.3) is 0 Å². The Morgan fingerprint density at radius 3 is 2.24 bits per heavy atom. The van der Waals surface area contributed by atoms with Crippen molar-refractivity contribution in [1.29, 1.82) is 0 Å². The third kappa shape index (κ3) is 8.21. The van der Waals surface area contributed by atoms with Crippen LogP contribution in [0.15, 0.2) is 89.7 Å². The number of pyridine rings is 1. The first-order chi connectivity index (χ1) is 20.1.